The number of methoxy groups -OCH3 is 1. The van der Waals surface area contributed by atoms with E-state index in [2.05, 4.69) is 5.32 Å². The van der Waals surface area contributed by atoms with E-state index in [-0.39, 0.29) is 5.56 Å². The highest BCUT2D eigenvalue weighted by atomic mass is 16.5. The monoisotopic (exact) mass is 342 g/mol. The quantitative estimate of drug-likeness (QED) is 0.781. The maximum atomic E-state index is 12.1. The molecule has 7 heteroatoms. The topological polar surface area (TPSA) is 108 Å². The molecular weight excluding hydrogens is 324 g/mol. The molecule has 130 valence electrons. The van der Waals surface area contributed by atoms with Crippen LogP contribution in [0.4, 0.5) is 5.69 Å². The molecule has 0 saturated carbocycles. The standard InChI is InChI=1S/C18H18N2O5/c1-11(25-18(23)13-4-3-5-15(10-13)24-2)17(22)20-14-8-6-12(7-9-14)16(19)21/h3-11H,1-2H3,(H2,19,21)(H,20,22)/t11-/m0/s1. The third kappa shape index (κ3) is 4.81. The van der Waals surface area contributed by atoms with Gasteiger partial charge in [0, 0.05) is 11.3 Å². The molecule has 25 heavy (non-hydrogen) atoms. The molecule has 0 aliphatic rings. The van der Waals surface area contributed by atoms with Crippen molar-refractivity contribution in [2.24, 2.45) is 5.73 Å². The first kappa shape index (κ1) is 18.0. The van der Waals surface area contributed by atoms with Crippen LogP contribution in [0.3, 0.4) is 0 Å². The van der Waals surface area contributed by atoms with Gasteiger partial charge in [0.15, 0.2) is 6.10 Å². The van der Waals surface area contributed by atoms with E-state index in [1.54, 1.807) is 18.2 Å². The van der Waals surface area contributed by atoms with Gasteiger partial charge in [0.05, 0.1) is 12.7 Å². The maximum absolute atomic E-state index is 12.1. The van der Waals surface area contributed by atoms with Crippen LogP contribution in [0.1, 0.15) is 27.6 Å². The SMILES string of the molecule is COc1cccc(C(=O)O[C@@H](C)C(=O)Nc2ccc(C(N)=O)cc2)c1. The van der Waals surface area contributed by atoms with E-state index in [0.717, 1.165) is 0 Å². The van der Waals surface area contributed by atoms with Crippen molar-refractivity contribution in [2.75, 3.05) is 12.4 Å². The molecule has 0 spiro atoms. The minimum Gasteiger partial charge on any atom is -0.497 e. The van der Waals surface area contributed by atoms with Crippen molar-refractivity contribution in [1.82, 2.24) is 0 Å². The van der Waals surface area contributed by atoms with E-state index in [9.17, 15) is 14.4 Å². The Morgan fingerprint density at radius 2 is 1.72 bits per heavy atom. The van der Waals surface area contributed by atoms with Crippen LogP contribution >= 0.6 is 0 Å². The fourth-order valence-corrected chi connectivity index (χ4v) is 1.99. The summed E-state index contributed by atoms with van der Waals surface area (Å²) in [7, 11) is 1.49. The Labute approximate surface area is 144 Å². The fourth-order valence-electron chi connectivity index (χ4n) is 1.99. The lowest BCUT2D eigenvalue weighted by Gasteiger charge is -2.14. The predicted molar refractivity (Wildman–Crippen MR) is 91.5 cm³/mol. The molecule has 0 aliphatic heterocycles. The van der Waals surface area contributed by atoms with Crippen molar-refractivity contribution in [3.05, 3.63) is 59.7 Å². The van der Waals surface area contributed by atoms with Crippen molar-refractivity contribution < 1.29 is 23.9 Å². The fraction of sp³-hybridized carbons (Fsp3) is 0.167. The van der Waals surface area contributed by atoms with Crippen LogP contribution in [-0.2, 0) is 9.53 Å². The lowest BCUT2D eigenvalue weighted by molar-refractivity contribution is -0.123. The molecule has 0 bridgehead atoms. The minimum absolute atomic E-state index is 0.282. The van der Waals surface area contributed by atoms with E-state index < -0.39 is 23.9 Å². The molecule has 0 aliphatic carbocycles. The van der Waals surface area contributed by atoms with Crippen molar-refractivity contribution in [3.8, 4) is 5.75 Å². The van der Waals surface area contributed by atoms with Crippen molar-refractivity contribution in [3.63, 3.8) is 0 Å². The number of hydrogen-bond donors (Lipinski definition) is 2. The largest absolute Gasteiger partial charge is 0.497 e. The number of carbonyl (C=O) groups is 3. The van der Waals surface area contributed by atoms with Gasteiger partial charge in [-0.3, -0.25) is 9.59 Å². The van der Waals surface area contributed by atoms with Gasteiger partial charge in [-0.15, -0.1) is 0 Å². The van der Waals surface area contributed by atoms with Gasteiger partial charge >= 0.3 is 5.97 Å². The zero-order valence-corrected chi connectivity index (χ0v) is 13.8. The van der Waals surface area contributed by atoms with E-state index >= 15 is 0 Å². The molecule has 0 fully saturated rings. The van der Waals surface area contributed by atoms with Crippen LogP contribution in [0.15, 0.2) is 48.5 Å². The summed E-state index contributed by atoms with van der Waals surface area (Å²) in [6, 6.07) is 12.5. The summed E-state index contributed by atoms with van der Waals surface area (Å²) in [4.78, 5) is 35.2. The molecule has 0 heterocycles. The van der Waals surface area contributed by atoms with E-state index in [0.29, 0.717) is 17.0 Å². The zero-order chi connectivity index (χ0) is 18.4. The summed E-state index contributed by atoms with van der Waals surface area (Å²) in [5, 5.41) is 2.59. The number of carbonyl (C=O) groups excluding carboxylic acids is 3. The second kappa shape index (κ2) is 7.96. The average Bonchev–Trinajstić information content (AvgIpc) is 2.62. The number of primary amides is 1. The van der Waals surface area contributed by atoms with Crippen LogP contribution in [0, 0.1) is 0 Å². The highest BCUT2D eigenvalue weighted by Gasteiger charge is 2.19. The summed E-state index contributed by atoms with van der Waals surface area (Å²) in [5.41, 5.74) is 6.22. The Morgan fingerprint density at radius 1 is 1.04 bits per heavy atom. The van der Waals surface area contributed by atoms with Gasteiger partial charge in [-0.25, -0.2) is 4.79 Å². The highest BCUT2D eigenvalue weighted by Crippen LogP contribution is 2.15. The minimum atomic E-state index is -1.01. The third-order valence-electron chi connectivity index (χ3n) is 3.40. The molecule has 7 nitrogen and oxygen atoms in total. The summed E-state index contributed by atoms with van der Waals surface area (Å²) in [5.74, 6) is -1.17. The van der Waals surface area contributed by atoms with E-state index in [4.69, 9.17) is 15.2 Å². The number of amides is 2. The van der Waals surface area contributed by atoms with Gasteiger partial charge in [-0.2, -0.15) is 0 Å². The van der Waals surface area contributed by atoms with Crippen molar-refractivity contribution >= 4 is 23.5 Å². The predicted octanol–water partition coefficient (Wildman–Crippen LogP) is 1.98. The number of esters is 1. The zero-order valence-electron chi connectivity index (χ0n) is 13.8. The first-order chi connectivity index (χ1) is 11.9. The van der Waals surface area contributed by atoms with Crippen LogP contribution in [0.2, 0.25) is 0 Å². The second-order valence-corrected chi connectivity index (χ2v) is 5.21. The Morgan fingerprint density at radius 3 is 2.32 bits per heavy atom. The number of nitrogens with two attached hydrogens (primary N) is 1. The number of nitrogens with one attached hydrogen (secondary N) is 1. The van der Waals surface area contributed by atoms with Crippen LogP contribution < -0.4 is 15.8 Å². The number of hydrogen-bond acceptors (Lipinski definition) is 5. The first-order valence-corrected chi connectivity index (χ1v) is 7.46. The summed E-state index contributed by atoms with van der Waals surface area (Å²) in [6.07, 6.45) is -1.01. The number of benzene rings is 2. The van der Waals surface area contributed by atoms with Gasteiger partial charge in [-0.05, 0) is 49.4 Å². The third-order valence-corrected chi connectivity index (χ3v) is 3.40. The normalized spacial score (nSPS) is 11.3. The summed E-state index contributed by atoms with van der Waals surface area (Å²) >= 11 is 0. The van der Waals surface area contributed by atoms with Crippen LogP contribution in [-0.4, -0.2) is 31.0 Å². The van der Waals surface area contributed by atoms with Gasteiger partial charge in [0.2, 0.25) is 5.91 Å². The summed E-state index contributed by atoms with van der Waals surface area (Å²) < 4.78 is 10.2. The van der Waals surface area contributed by atoms with E-state index in [1.165, 1.54) is 44.4 Å². The molecular formula is C18H18N2O5. The molecule has 1 atom stereocenters. The Balaban J connectivity index is 1.97. The highest BCUT2D eigenvalue weighted by molar-refractivity contribution is 5.98. The van der Waals surface area contributed by atoms with Crippen molar-refractivity contribution in [1.29, 1.82) is 0 Å². The van der Waals surface area contributed by atoms with Gasteiger partial charge in [0.1, 0.15) is 5.75 Å². The van der Waals surface area contributed by atoms with E-state index in [1.807, 2.05) is 0 Å². The second-order valence-electron chi connectivity index (χ2n) is 5.21. The Kier molecular flexibility index (Phi) is 5.73. The van der Waals surface area contributed by atoms with Crippen LogP contribution in [0.5, 0.6) is 5.75 Å². The molecule has 0 saturated heterocycles. The molecule has 2 rings (SSSR count). The molecule has 2 aromatic carbocycles. The molecule has 0 aromatic heterocycles. The maximum Gasteiger partial charge on any atom is 0.339 e. The lowest BCUT2D eigenvalue weighted by Crippen LogP contribution is -2.30. The number of rotatable bonds is 6. The van der Waals surface area contributed by atoms with Gasteiger partial charge in [-0.1, -0.05) is 6.07 Å². The Hall–Kier alpha value is -3.35. The molecule has 0 unspecified atom stereocenters. The number of ether oxygens (including phenoxy) is 2. The average molecular weight is 342 g/mol. The molecule has 2 aromatic rings. The molecule has 3 N–H and O–H groups in total. The molecule has 2 amide bonds. The first-order valence-electron chi connectivity index (χ1n) is 7.46. The molecule has 0 radical (unpaired) electrons. The van der Waals surface area contributed by atoms with Crippen LogP contribution in [0.25, 0.3) is 0 Å². The van der Waals surface area contributed by atoms with Crippen molar-refractivity contribution in [2.45, 2.75) is 13.0 Å². The smallest absolute Gasteiger partial charge is 0.339 e. The van der Waals surface area contributed by atoms with Gasteiger partial charge in [0.25, 0.3) is 5.91 Å². The number of anilines is 1. The van der Waals surface area contributed by atoms with Gasteiger partial charge < -0.3 is 20.5 Å². The lowest BCUT2D eigenvalue weighted by atomic mass is 10.2. The Bertz CT molecular complexity index is 786. The summed E-state index contributed by atoms with van der Waals surface area (Å²) in [6.45, 7) is 1.46.